The Labute approximate surface area is 55.3 Å². The fraction of sp³-hybridized carbons (Fsp3) is 1.00. The van der Waals surface area contributed by atoms with Crippen LogP contribution in [-0.4, -0.2) is 30.9 Å². The van der Waals surface area contributed by atoms with E-state index in [9.17, 15) is 4.57 Å². The number of nitrogens with zero attached hydrogens (tertiary/aromatic N) is 1. The van der Waals surface area contributed by atoms with Crippen molar-refractivity contribution in [1.29, 1.82) is 0 Å². The van der Waals surface area contributed by atoms with Crippen molar-refractivity contribution in [3.05, 3.63) is 0 Å². The molecule has 0 spiro atoms. The van der Waals surface area contributed by atoms with Crippen molar-refractivity contribution in [2.75, 3.05) is 21.1 Å². The van der Waals surface area contributed by atoms with E-state index < -0.39 is 8.25 Å². The largest absolute Gasteiger partial charge is 0.332 e. The monoisotopic (exact) mass is 156 g/mol. The molecule has 0 heterocycles. The zero-order valence-electron chi connectivity index (χ0n) is 5.79. The average molecular weight is 156 g/mol. The molecule has 0 aromatic heterocycles. The third-order valence-electron chi connectivity index (χ3n) is 0.101. The van der Waals surface area contributed by atoms with E-state index in [0.717, 1.165) is 0 Å². The quantitative estimate of drug-likeness (QED) is 0.393. The van der Waals surface area contributed by atoms with Crippen molar-refractivity contribution >= 4 is 8.25 Å². The topological polar surface area (TPSA) is 75.8 Å². The first-order chi connectivity index (χ1) is 4.00. The first-order valence-electron chi connectivity index (χ1n) is 2.21. The van der Waals surface area contributed by atoms with Crippen molar-refractivity contribution in [2.45, 2.75) is 0 Å². The minimum absolute atomic E-state index is 2.00. The Balaban J connectivity index is 0. The third-order valence-corrected chi connectivity index (χ3v) is 0.302. The van der Waals surface area contributed by atoms with Crippen LogP contribution in [0.25, 0.3) is 0 Å². The van der Waals surface area contributed by atoms with Gasteiger partial charge in [0.15, 0.2) is 0 Å². The van der Waals surface area contributed by atoms with Crippen molar-refractivity contribution in [3.8, 4) is 0 Å². The molecule has 3 N–H and O–H groups in total. The zero-order chi connectivity index (χ0) is 7.86. The maximum absolute atomic E-state index is 9.21. The van der Waals surface area contributed by atoms with Crippen LogP contribution in [0, 0.1) is 0 Å². The van der Waals surface area contributed by atoms with Crippen LogP contribution in [0.1, 0.15) is 0 Å². The van der Waals surface area contributed by atoms with Gasteiger partial charge >= 0.3 is 8.25 Å². The highest BCUT2D eigenvalue weighted by molar-refractivity contribution is 7.32. The average Bonchev–Trinajstić information content (AvgIpc) is 1.65. The molecule has 58 valence electrons. The molecule has 0 bridgehead atoms. The van der Waals surface area contributed by atoms with E-state index in [1.807, 2.05) is 26.0 Å². The predicted molar refractivity (Wildman–Crippen MR) is 36.1 cm³/mol. The summed E-state index contributed by atoms with van der Waals surface area (Å²) in [6.45, 7) is 0. The van der Waals surface area contributed by atoms with Crippen molar-refractivity contribution in [2.24, 2.45) is 5.90 Å². The van der Waals surface area contributed by atoms with Crippen molar-refractivity contribution in [3.63, 3.8) is 0 Å². The van der Waals surface area contributed by atoms with Gasteiger partial charge in [0.05, 0.1) is 0 Å². The second kappa shape index (κ2) is 8.07. The summed E-state index contributed by atoms with van der Waals surface area (Å²) in [4.78, 5) is 9.56. The van der Waals surface area contributed by atoms with Crippen LogP contribution < -0.4 is 5.90 Å². The lowest BCUT2D eigenvalue weighted by Gasteiger charge is -1.90. The summed E-state index contributed by atoms with van der Waals surface area (Å²) in [6, 6.07) is 0. The highest BCUT2D eigenvalue weighted by Crippen LogP contribution is 2.07. The first kappa shape index (κ1) is 11.8. The summed E-state index contributed by atoms with van der Waals surface area (Å²) in [5, 5.41) is 0. The molecule has 0 radical (unpaired) electrons. The molecule has 0 aliphatic carbocycles. The van der Waals surface area contributed by atoms with Crippen LogP contribution >= 0.6 is 8.25 Å². The van der Waals surface area contributed by atoms with Gasteiger partial charge in [-0.2, -0.15) is 0 Å². The third kappa shape index (κ3) is 69.4. The van der Waals surface area contributed by atoms with E-state index in [1.165, 1.54) is 0 Å². The molecule has 0 amide bonds. The summed E-state index contributed by atoms with van der Waals surface area (Å²) in [5.41, 5.74) is 0. The van der Waals surface area contributed by atoms with Crippen LogP contribution in [-0.2, 0) is 9.19 Å². The van der Waals surface area contributed by atoms with Gasteiger partial charge in [-0.25, -0.2) is 10.5 Å². The van der Waals surface area contributed by atoms with E-state index in [4.69, 9.17) is 4.89 Å². The molecule has 1 atom stereocenters. The van der Waals surface area contributed by atoms with Crippen LogP contribution in [0.15, 0.2) is 0 Å². The Morgan fingerprint density at radius 2 is 1.67 bits per heavy atom. The van der Waals surface area contributed by atoms with E-state index in [1.54, 1.807) is 0 Å². The van der Waals surface area contributed by atoms with Gasteiger partial charge in [-0.1, -0.05) is 0 Å². The Bertz CT molecular complexity index is 74.7. The van der Waals surface area contributed by atoms with Gasteiger partial charge in [0.1, 0.15) is 0 Å². The van der Waals surface area contributed by atoms with Gasteiger partial charge in [0, 0.05) is 0 Å². The summed E-state index contributed by atoms with van der Waals surface area (Å²) < 4.78 is 12.6. The van der Waals surface area contributed by atoms with E-state index in [2.05, 4.69) is 10.5 Å². The van der Waals surface area contributed by atoms with E-state index in [-0.39, 0.29) is 0 Å². The normalized spacial score (nSPS) is 12.2. The maximum atomic E-state index is 9.21. The molecular formula is C3H13N2O3P. The molecule has 0 saturated heterocycles. The lowest BCUT2D eigenvalue weighted by atomic mass is 11.0. The van der Waals surface area contributed by atoms with Gasteiger partial charge in [0.25, 0.3) is 0 Å². The molecular weight excluding hydrogens is 143 g/mol. The standard InChI is InChI=1S/C3H9N.H4NO3P/c1-4(2)3;1-4-5(2)3/h1-3H3;5H,1H2,(H,2,3). The Morgan fingerprint density at radius 1 is 1.56 bits per heavy atom. The van der Waals surface area contributed by atoms with Crippen LogP contribution in [0.4, 0.5) is 0 Å². The molecule has 6 heteroatoms. The first-order valence-corrected chi connectivity index (χ1v) is 3.47. The SMILES string of the molecule is CN(C)C.NO[PH](=O)O. The van der Waals surface area contributed by atoms with Gasteiger partial charge in [-0.05, 0) is 21.1 Å². The van der Waals surface area contributed by atoms with Gasteiger partial charge in [0.2, 0.25) is 0 Å². The van der Waals surface area contributed by atoms with Crippen molar-refractivity contribution < 1.29 is 14.1 Å². The molecule has 1 unspecified atom stereocenters. The fourth-order valence-electron chi connectivity index (χ4n) is 0. The Hall–Kier alpha value is 0.0700. The molecule has 0 rings (SSSR count). The molecule has 0 saturated carbocycles. The predicted octanol–water partition coefficient (Wildman–Crippen LogP) is -0.563. The second-order valence-corrected chi connectivity index (χ2v) is 2.49. The summed E-state index contributed by atoms with van der Waals surface area (Å²) >= 11 is 0. The zero-order valence-corrected chi connectivity index (χ0v) is 6.79. The Morgan fingerprint density at radius 3 is 1.67 bits per heavy atom. The van der Waals surface area contributed by atoms with Gasteiger partial charge in [-0.15, -0.1) is 0 Å². The lowest BCUT2D eigenvalue weighted by Crippen LogP contribution is -1.99. The summed E-state index contributed by atoms with van der Waals surface area (Å²) in [7, 11) is 3.15. The molecule has 0 fully saturated rings. The Kier molecular flexibility index (Phi) is 10.6. The molecule has 0 aromatic rings. The minimum Gasteiger partial charge on any atom is -0.325 e. The maximum Gasteiger partial charge on any atom is 0.332 e. The lowest BCUT2D eigenvalue weighted by molar-refractivity contribution is 0.292. The van der Waals surface area contributed by atoms with E-state index in [0.29, 0.717) is 0 Å². The number of hydrogen-bond acceptors (Lipinski definition) is 4. The second-order valence-electron chi connectivity index (χ2n) is 1.73. The minimum atomic E-state index is -2.85. The van der Waals surface area contributed by atoms with E-state index >= 15 is 0 Å². The number of nitrogens with two attached hydrogens (primary N) is 1. The molecule has 0 aromatic carbocycles. The van der Waals surface area contributed by atoms with Gasteiger partial charge < -0.3 is 9.79 Å². The fourth-order valence-corrected chi connectivity index (χ4v) is 0. The van der Waals surface area contributed by atoms with Crippen LogP contribution in [0.3, 0.4) is 0 Å². The van der Waals surface area contributed by atoms with Crippen molar-refractivity contribution in [1.82, 2.24) is 4.90 Å². The highest BCUT2D eigenvalue weighted by atomic mass is 31.1. The molecule has 5 nitrogen and oxygen atoms in total. The molecule has 0 aliphatic heterocycles. The highest BCUT2D eigenvalue weighted by Gasteiger charge is 1.75. The van der Waals surface area contributed by atoms with Crippen LogP contribution in [0.5, 0.6) is 0 Å². The summed E-state index contributed by atoms with van der Waals surface area (Å²) in [6.07, 6.45) is 0. The molecule has 9 heavy (non-hydrogen) atoms. The summed E-state index contributed by atoms with van der Waals surface area (Å²) in [5.74, 6) is 4.15. The van der Waals surface area contributed by atoms with Gasteiger partial charge in [-0.3, -0.25) is 4.57 Å². The number of hydrogen-bond donors (Lipinski definition) is 2. The number of rotatable bonds is 1. The molecule has 0 aliphatic rings. The smallest absolute Gasteiger partial charge is 0.325 e. The van der Waals surface area contributed by atoms with Crippen LogP contribution in [0.2, 0.25) is 0 Å².